The Labute approximate surface area is 373 Å². The molecule has 62 heavy (non-hydrogen) atoms. The number of amides is 1. The number of allylic oxidation sites excluding steroid dienone is 4. The SMILES string of the molecule is CCCC(CCC)C(=O)N(C)[C@H]1CC[C@H](O[C@H]2CCC[C@H](CC)OC(=O)C[C@@H]3C(=C[C@@H]4[C@H]3C=C(C)[C@@H]3C[C@@H](OC(OC(C)[C@@H](C)OC)[C@H](COC)OC)C[C@@H]43)C(=O)[C@@H]2C)OC1C. The van der Waals surface area contributed by atoms with Crippen LogP contribution in [0.25, 0.3) is 0 Å². The number of nitrogens with zero attached hydrogens (tertiary/aromatic N) is 1. The average molecular weight is 874 g/mol. The zero-order valence-corrected chi connectivity index (χ0v) is 40.3. The summed E-state index contributed by atoms with van der Waals surface area (Å²) in [6.07, 6.45) is 11.5. The molecule has 354 valence electrons. The Bertz CT molecular complexity index is 1510. The van der Waals surface area contributed by atoms with Gasteiger partial charge in [-0.2, -0.15) is 0 Å². The van der Waals surface area contributed by atoms with Crippen molar-refractivity contribution in [3.05, 3.63) is 23.3 Å². The van der Waals surface area contributed by atoms with Crippen LogP contribution in [0.3, 0.4) is 0 Å². The van der Waals surface area contributed by atoms with Crippen molar-refractivity contribution in [1.82, 2.24) is 4.90 Å². The average Bonchev–Trinajstić information content (AvgIpc) is 3.84. The minimum Gasteiger partial charge on any atom is -0.462 e. The maximum absolute atomic E-state index is 15.0. The first-order chi connectivity index (χ1) is 29.7. The van der Waals surface area contributed by atoms with Crippen molar-refractivity contribution in [2.75, 3.05) is 35.0 Å². The summed E-state index contributed by atoms with van der Waals surface area (Å²) in [5, 5.41) is 0. The number of carbonyl (C=O) groups is 3. The lowest BCUT2D eigenvalue weighted by Crippen LogP contribution is -2.51. The fraction of sp³-hybridized carbons (Fsp3) is 0.860. The molecule has 5 rings (SSSR count). The second-order valence-electron chi connectivity index (χ2n) is 19.3. The normalized spacial score (nSPS) is 35.0. The largest absolute Gasteiger partial charge is 0.462 e. The summed E-state index contributed by atoms with van der Waals surface area (Å²) in [6, 6.07) is -0.0318. The van der Waals surface area contributed by atoms with E-state index in [9.17, 15) is 14.4 Å². The maximum Gasteiger partial charge on any atom is 0.306 e. The molecule has 0 aromatic heterocycles. The molecule has 1 amide bonds. The molecule has 12 heteroatoms. The molecular formula is C50H83NO11. The van der Waals surface area contributed by atoms with Crippen LogP contribution in [0, 0.1) is 41.4 Å². The topological polar surface area (TPSA) is 128 Å². The highest BCUT2D eigenvalue weighted by molar-refractivity contribution is 5.99. The molecule has 0 radical (unpaired) electrons. The maximum atomic E-state index is 15.0. The van der Waals surface area contributed by atoms with E-state index in [2.05, 4.69) is 39.8 Å². The van der Waals surface area contributed by atoms with E-state index < -0.39 is 24.6 Å². The lowest BCUT2D eigenvalue weighted by molar-refractivity contribution is -0.255. The number of Topliss-reactive ketones (excluding diaryl/α,β-unsaturated/α-hetero) is 1. The lowest BCUT2D eigenvalue weighted by Gasteiger charge is -2.42. The summed E-state index contributed by atoms with van der Waals surface area (Å²) in [5.74, 6) is -0.0899. The minimum absolute atomic E-state index is 0.000617. The number of ether oxygens (including phenoxy) is 8. The van der Waals surface area contributed by atoms with E-state index in [0.29, 0.717) is 25.9 Å². The van der Waals surface area contributed by atoms with Crippen LogP contribution < -0.4 is 0 Å². The number of likely N-dealkylation sites (N-methyl/N-ethyl adjacent to an activating group) is 1. The number of methoxy groups -OCH3 is 3. The van der Waals surface area contributed by atoms with E-state index in [1.807, 2.05) is 39.6 Å². The Balaban J connectivity index is 1.35. The van der Waals surface area contributed by atoms with Gasteiger partial charge in [-0.1, -0.05) is 58.3 Å². The van der Waals surface area contributed by atoms with Crippen molar-refractivity contribution < 1.29 is 52.3 Å². The van der Waals surface area contributed by atoms with Gasteiger partial charge in [-0.3, -0.25) is 14.4 Å². The number of carbonyl (C=O) groups excluding carboxylic acids is 3. The lowest BCUT2D eigenvalue weighted by atomic mass is 9.67. The van der Waals surface area contributed by atoms with Crippen LogP contribution in [0.4, 0.5) is 0 Å². The molecule has 0 aromatic rings. The molecule has 16 atom stereocenters. The Kier molecular flexibility index (Phi) is 19.5. The molecule has 2 heterocycles. The Morgan fingerprint density at radius 3 is 2.26 bits per heavy atom. The van der Waals surface area contributed by atoms with Gasteiger partial charge in [0.1, 0.15) is 12.2 Å². The number of fused-ring (bicyclic) bond motifs is 5. The Morgan fingerprint density at radius 1 is 0.903 bits per heavy atom. The van der Waals surface area contributed by atoms with Crippen LogP contribution >= 0.6 is 0 Å². The molecule has 3 unspecified atom stereocenters. The Hall–Kier alpha value is -2.19. The zero-order chi connectivity index (χ0) is 45.2. The van der Waals surface area contributed by atoms with Gasteiger partial charge in [0.25, 0.3) is 0 Å². The third-order valence-electron chi connectivity index (χ3n) is 15.2. The standard InChI is InChI=1S/C50H83NO11/c1-13-17-34(18-14-2)49(54)51(9)43-21-22-47(58-33(43)8)62-44-20-16-19-35(15-3)60-46(52)27-41-38-23-29(4)37-24-36(25-39(37)40(38)26-42(41)48(53)30(44)5)61-50(45(57-12)28-55-10)59-32(7)31(6)56-11/h23,26,30-41,43-45,47,50H,13-22,24-25,27-28H2,1-12H3/t30-,31-,32?,33?,35+,36-,37+,38-,39-,40-,41+,43+,44+,45+,47+,50?/m1/s1. The quantitative estimate of drug-likeness (QED) is 0.0703. The highest BCUT2D eigenvalue weighted by atomic mass is 16.7. The first-order valence-electron chi connectivity index (χ1n) is 24.3. The third kappa shape index (κ3) is 12.2. The third-order valence-corrected chi connectivity index (χ3v) is 15.2. The molecule has 2 aliphatic heterocycles. The van der Waals surface area contributed by atoms with Gasteiger partial charge in [-0.15, -0.1) is 0 Å². The van der Waals surface area contributed by atoms with E-state index in [4.69, 9.17) is 37.9 Å². The van der Waals surface area contributed by atoms with Crippen molar-refractivity contribution >= 4 is 17.7 Å². The van der Waals surface area contributed by atoms with Crippen LogP contribution in [0.15, 0.2) is 23.3 Å². The van der Waals surface area contributed by atoms with Gasteiger partial charge in [0.05, 0.1) is 49.6 Å². The van der Waals surface area contributed by atoms with Crippen LogP contribution in [0.5, 0.6) is 0 Å². The van der Waals surface area contributed by atoms with Crippen molar-refractivity contribution in [2.24, 2.45) is 41.4 Å². The molecule has 0 bridgehead atoms. The highest BCUT2D eigenvalue weighted by Crippen LogP contribution is 2.56. The molecule has 3 aliphatic carbocycles. The van der Waals surface area contributed by atoms with Crippen molar-refractivity contribution in [3.8, 4) is 0 Å². The van der Waals surface area contributed by atoms with E-state index in [0.717, 1.165) is 63.4 Å². The van der Waals surface area contributed by atoms with Crippen molar-refractivity contribution in [3.63, 3.8) is 0 Å². The number of ketones is 1. The summed E-state index contributed by atoms with van der Waals surface area (Å²) >= 11 is 0. The van der Waals surface area contributed by atoms with Gasteiger partial charge in [-0.05, 0) is 115 Å². The molecule has 12 nitrogen and oxygen atoms in total. The van der Waals surface area contributed by atoms with E-state index in [1.165, 1.54) is 5.57 Å². The summed E-state index contributed by atoms with van der Waals surface area (Å²) < 4.78 is 49.7. The number of hydrogen-bond acceptors (Lipinski definition) is 11. The van der Waals surface area contributed by atoms with Gasteiger partial charge in [0, 0.05) is 52.6 Å². The minimum atomic E-state index is -0.662. The predicted molar refractivity (Wildman–Crippen MR) is 238 cm³/mol. The number of hydrogen-bond donors (Lipinski definition) is 0. The summed E-state index contributed by atoms with van der Waals surface area (Å²) in [4.78, 5) is 44.2. The molecule has 1 saturated carbocycles. The van der Waals surface area contributed by atoms with Crippen LogP contribution in [0.2, 0.25) is 0 Å². The van der Waals surface area contributed by atoms with E-state index in [-0.39, 0.29) is 102 Å². The van der Waals surface area contributed by atoms with Crippen LogP contribution in [0.1, 0.15) is 139 Å². The second kappa shape index (κ2) is 23.8. The summed E-state index contributed by atoms with van der Waals surface area (Å²) in [6.45, 7) is 16.8. The zero-order valence-electron chi connectivity index (χ0n) is 40.3. The van der Waals surface area contributed by atoms with Crippen LogP contribution in [-0.4, -0.2) is 119 Å². The summed E-state index contributed by atoms with van der Waals surface area (Å²) in [7, 11) is 6.88. The van der Waals surface area contributed by atoms with E-state index >= 15 is 0 Å². The number of rotatable bonds is 19. The highest BCUT2D eigenvalue weighted by Gasteiger charge is 2.52. The van der Waals surface area contributed by atoms with E-state index in [1.54, 1.807) is 21.3 Å². The molecular weight excluding hydrogens is 791 g/mol. The second-order valence-corrected chi connectivity index (χ2v) is 19.3. The first-order valence-corrected chi connectivity index (χ1v) is 24.3. The monoisotopic (exact) mass is 874 g/mol. The fourth-order valence-electron chi connectivity index (χ4n) is 11.4. The molecule has 2 saturated heterocycles. The van der Waals surface area contributed by atoms with Gasteiger partial charge in [0.2, 0.25) is 5.91 Å². The first kappa shape index (κ1) is 50.8. The van der Waals surface area contributed by atoms with Gasteiger partial charge in [-0.25, -0.2) is 0 Å². The number of esters is 1. The van der Waals surface area contributed by atoms with Gasteiger partial charge >= 0.3 is 5.97 Å². The predicted octanol–water partition coefficient (Wildman–Crippen LogP) is 8.63. The Morgan fingerprint density at radius 2 is 1.63 bits per heavy atom. The van der Waals surface area contributed by atoms with Crippen molar-refractivity contribution in [1.29, 1.82) is 0 Å². The molecule has 0 spiro atoms. The van der Waals surface area contributed by atoms with Gasteiger partial charge < -0.3 is 42.8 Å². The molecule has 0 N–H and O–H groups in total. The molecule has 0 aromatic carbocycles. The molecule has 3 fully saturated rings. The fourth-order valence-corrected chi connectivity index (χ4v) is 11.4. The summed E-state index contributed by atoms with van der Waals surface area (Å²) in [5.41, 5.74) is 2.01. The smallest absolute Gasteiger partial charge is 0.306 e. The number of cyclic esters (lactones) is 1. The molecule has 5 aliphatic rings. The van der Waals surface area contributed by atoms with Crippen LogP contribution in [-0.2, 0) is 52.3 Å². The van der Waals surface area contributed by atoms with Crippen molar-refractivity contribution in [2.45, 2.75) is 200 Å². The van der Waals surface area contributed by atoms with Gasteiger partial charge in [0.15, 0.2) is 18.4 Å².